The van der Waals surface area contributed by atoms with Gasteiger partial charge in [-0.1, -0.05) is 23.4 Å². The Hall–Kier alpha value is -1.75. The first-order valence-electron chi connectivity index (χ1n) is 8.26. The van der Waals surface area contributed by atoms with Crippen LogP contribution < -0.4 is 10.6 Å². The lowest BCUT2D eigenvalue weighted by molar-refractivity contribution is 0.0683. The first-order valence-corrected chi connectivity index (χ1v) is 8.26. The number of ether oxygens (including phenoxy) is 1. The molecular weight excluding hydrogens is 452 g/mol. The second-order valence-electron chi connectivity index (χ2n) is 5.34. The molecule has 0 aliphatic carbocycles. The number of hydrogen-bond acceptors (Lipinski definition) is 5. The Labute approximate surface area is 169 Å². The van der Waals surface area contributed by atoms with Crippen molar-refractivity contribution in [1.82, 2.24) is 20.8 Å². The zero-order valence-electron chi connectivity index (χ0n) is 15.2. The molecule has 1 aromatic carbocycles. The fourth-order valence-electron chi connectivity index (χ4n) is 2.23. The summed E-state index contributed by atoms with van der Waals surface area (Å²) in [5.41, 5.74) is 0.664. The van der Waals surface area contributed by atoms with Crippen molar-refractivity contribution in [3.8, 4) is 0 Å². The predicted octanol–water partition coefficient (Wildman–Crippen LogP) is 2.83. The highest BCUT2D eigenvalue weighted by atomic mass is 127. The molecule has 1 atom stereocenters. The van der Waals surface area contributed by atoms with Crippen molar-refractivity contribution >= 4 is 29.9 Å². The van der Waals surface area contributed by atoms with Crippen LogP contribution >= 0.6 is 24.0 Å². The lowest BCUT2D eigenvalue weighted by Gasteiger charge is -2.10. The maximum absolute atomic E-state index is 13.6. The second kappa shape index (κ2) is 11.8. The van der Waals surface area contributed by atoms with Crippen LogP contribution in [0.1, 0.15) is 37.2 Å². The van der Waals surface area contributed by atoms with Crippen LogP contribution in [0.3, 0.4) is 0 Å². The van der Waals surface area contributed by atoms with Gasteiger partial charge in [0.2, 0.25) is 5.89 Å². The van der Waals surface area contributed by atoms with Crippen LogP contribution in [0.4, 0.5) is 4.39 Å². The van der Waals surface area contributed by atoms with Gasteiger partial charge in [0, 0.05) is 20.2 Å². The summed E-state index contributed by atoms with van der Waals surface area (Å²) >= 11 is 0. The zero-order chi connectivity index (χ0) is 18.1. The van der Waals surface area contributed by atoms with Crippen molar-refractivity contribution in [3.63, 3.8) is 0 Å². The minimum Gasteiger partial charge on any atom is -0.371 e. The first-order chi connectivity index (χ1) is 12.1. The number of aromatic nitrogens is 2. The number of benzene rings is 1. The first kappa shape index (κ1) is 22.3. The zero-order valence-corrected chi connectivity index (χ0v) is 17.5. The van der Waals surface area contributed by atoms with E-state index in [1.54, 1.807) is 19.2 Å². The average Bonchev–Trinajstić information content (AvgIpc) is 3.09. The Kier molecular flexibility index (Phi) is 10.1. The Balaban J connectivity index is 0.00000338. The van der Waals surface area contributed by atoms with E-state index in [0.29, 0.717) is 49.4 Å². The SMILES string of the molecule is CCOC(C)c1noc(CNC(=NC)NCCc2ccccc2F)n1.I. The Morgan fingerprint density at radius 2 is 2.12 bits per heavy atom. The third kappa shape index (κ3) is 6.87. The monoisotopic (exact) mass is 477 g/mol. The molecule has 26 heavy (non-hydrogen) atoms. The molecule has 2 rings (SSSR count). The van der Waals surface area contributed by atoms with Crippen LogP contribution in [0.2, 0.25) is 0 Å². The maximum atomic E-state index is 13.6. The summed E-state index contributed by atoms with van der Waals surface area (Å²) in [5, 5.41) is 10.1. The molecule has 0 fully saturated rings. The van der Waals surface area contributed by atoms with Gasteiger partial charge in [0.25, 0.3) is 0 Å². The lowest BCUT2D eigenvalue weighted by Crippen LogP contribution is -2.38. The minimum atomic E-state index is -0.208. The van der Waals surface area contributed by atoms with Crippen molar-refractivity contribution in [2.75, 3.05) is 20.2 Å². The van der Waals surface area contributed by atoms with E-state index in [0.717, 1.165) is 0 Å². The number of hydrogen-bond donors (Lipinski definition) is 2. The van der Waals surface area contributed by atoms with E-state index in [4.69, 9.17) is 9.26 Å². The van der Waals surface area contributed by atoms with E-state index < -0.39 is 0 Å². The normalized spacial score (nSPS) is 12.4. The third-order valence-electron chi connectivity index (χ3n) is 3.54. The van der Waals surface area contributed by atoms with Crippen LogP contribution in [0.25, 0.3) is 0 Å². The van der Waals surface area contributed by atoms with Crippen LogP contribution in [0.15, 0.2) is 33.8 Å². The van der Waals surface area contributed by atoms with Crippen LogP contribution in [0, 0.1) is 5.82 Å². The maximum Gasteiger partial charge on any atom is 0.246 e. The van der Waals surface area contributed by atoms with Crippen LogP contribution in [-0.2, 0) is 17.7 Å². The highest BCUT2D eigenvalue weighted by Gasteiger charge is 2.13. The molecule has 0 aliphatic heterocycles. The van der Waals surface area contributed by atoms with E-state index in [1.807, 2.05) is 19.9 Å². The van der Waals surface area contributed by atoms with Gasteiger partial charge in [-0.25, -0.2) is 4.39 Å². The molecule has 9 heteroatoms. The minimum absolute atomic E-state index is 0. The van der Waals surface area contributed by atoms with Gasteiger partial charge in [-0.05, 0) is 31.9 Å². The van der Waals surface area contributed by atoms with Gasteiger partial charge in [0.1, 0.15) is 11.9 Å². The van der Waals surface area contributed by atoms with Gasteiger partial charge in [-0.15, -0.1) is 24.0 Å². The molecule has 0 saturated carbocycles. The van der Waals surface area contributed by atoms with Crippen molar-refractivity contribution in [2.45, 2.75) is 32.9 Å². The van der Waals surface area contributed by atoms with Crippen LogP contribution in [0.5, 0.6) is 0 Å². The quantitative estimate of drug-likeness (QED) is 0.346. The second-order valence-corrected chi connectivity index (χ2v) is 5.34. The van der Waals surface area contributed by atoms with E-state index >= 15 is 0 Å². The number of guanidine groups is 1. The standard InChI is InChI=1S/C17H24FN5O2.HI/c1-4-24-12(2)16-22-15(25-23-16)11-21-17(19-3)20-10-9-13-7-5-6-8-14(13)18;/h5-8,12H,4,9-11H2,1-3H3,(H2,19,20,21);1H. The fourth-order valence-corrected chi connectivity index (χ4v) is 2.23. The van der Waals surface area contributed by atoms with E-state index in [9.17, 15) is 4.39 Å². The third-order valence-corrected chi connectivity index (χ3v) is 3.54. The highest BCUT2D eigenvalue weighted by molar-refractivity contribution is 14.0. The predicted molar refractivity (Wildman–Crippen MR) is 108 cm³/mol. The van der Waals surface area contributed by atoms with Crippen molar-refractivity contribution in [1.29, 1.82) is 0 Å². The van der Waals surface area contributed by atoms with Gasteiger partial charge >= 0.3 is 0 Å². The summed E-state index contributed by atoms with van der Waals surface area (Å²) in [6.07, 6.45) is 0.352. The molecule has 0 amide bonds. The summed E-state index contributed by atoms with van der Waals surface area (Å²) in [6, 6.07) is 6.73. The molecule has 0 saturated heterocycles. The smallest absolute Gasteiger partial charge is 0.246 e. The molecule has 2 N–H and O–H groups in total. The van der Waals surface area contributed by atoms with Crippen molar-refractivity contribution in [2.24, 2.45) is 4.99 Å². The van der Waals surface area contributed by atoms with E-state index in [-0.39, 0.29) is 35.9 Å². The molecule has 1 aromatic heterocycles. The van der Waals surface area contributed by atoms with Gasteiger partial charge in [0.05, 0.1) is 6.54 Å². The molecule has 0 radical (unpaired) electrons. The largest absolute Gasteiger partial charge is 0.371 e. The number of rotatable bonds is 8. The highest BCUT2D eigenvalue weighted by Crippen LogP contribution is 2.12. The van der Waals surface area contributed by atoms with E-state index in [2.05, 4.69) is 25.8 Å². The van der Waals surface area contributed by atoms with Gasteiger partial charge < -0.3 is 19.9 Å². The molecule has 0 aliphatic rings. The molecule has 1 unspecified atom stereocenters. The Morgan fingerprint density at radius 3 is 2.81 bits per heavy atom. The Bertz CT molecular complexity index is 695. The topological polar surface area (TPSA) is 84.6 Å². The fraction of sp³-hybridized carbons (Fsp3) is 0.471. The van der Waals surface area contributed by atoms with Gasteiger partial charge in [0.15, 0.2) is 11.8 Å². The van der Waals surface area contributed by atoms with E-state index in [1.165, 1.54) is 6.07 Å². The summed E-state index contributed by atoms with van der Waals surface area (Å²) < 4.78 is 24.2. The van der Waals surface area contributed by atoms with Gasteiger partial charge in [-0.3, -0.25) is 4.99 Å². The number of nitrogens with zero attached hydrogens (tertiary/aromatic N) is 3. The molecule has 0 bridgehead atoms. The molecular formula is C17H25FIN5O2. The summed E-state index contributed by atoms with van der Waals surface area (Å²) in [4.78, 5) is 8.39. The average molecular weight is 477 g/mol. The molecule has 144 valence electrons. The number of halogens is 2. The molecule has 1 heterocycles. The lowest BCUT2D eigenvalue weighted by atomic mass is 10.1. The van der Waals surface area contributed by atoms with Gasteiger partial charge in [-0.2, -0.15) is 4.98 Å². The van der Waals surface area contributed by atoms with Crippen LogP contribution in [-0.4, -0.2) is 36.3 Å². The summed E-state index contributed by atoms with van der Waals surface area (Å²) in [7, 11) is 1.66. The molecule has 7 nitrogen and oxygen atoms in total. The molecule has 0 spiro atoms. The Morgan fingerprint density at radius 1 is 1.35 bits per heavy atom. The number of aliphatic imine (C=N–C) groups is 1. The molecule has 2 aromatic rings. The summed E-state index contributed by atoms with van der Waals surface area (Å²) in [6.45, 7) is 5.26. The van der Waals surface area contributed by atoms with Crippen molar-refractivity contribution in [3.05, 3.63) is 47.4 Å². The summed E-state index contributed by atoms with van der Waals surface area (Å²) in [5.74, 6) is 1.34. The van der Waals surface area contributed by atoms with Crippen molar-refractivity contribution < 1.29 is 13.7 Å². The number of nitrogens with one attached hydrogen (secondary N) is 2.